The summed E-state index contributed by atoms with van der Waals surface area (Å²) in [5.41, 5.74) is 8.93. The van der Waals surface area contributed by atoms with E-state index in [9.17, 15) is 9.59 Å². The van der Waals surface area contributed by atoms with E-state index in [1.165, 1.54) is 29.4 Å². The minimum atomic E-state index is -0.470. The molecular formula is C31H27N3O4. The Hall–Kier alpha value is -4.36. The third-order valence-corrected chi connectivity index (χ3v) is 7.34. The predicted octanol–water partition coefficient (Wildman–Crippen LogP) is 5.42. The highest BCUT2D eigenvalue weighted by atomic mass is 16.5. The molecule has 0 bridgehead atoms. The molecule has 0 aliphatic carbocycles. The molecule has 0 saturated carbocycles. The first kappa shape index (κ1) is 24.0. The minimum Gasteiger partial charge on any atom is -0.464 e. The Morgan fingerprint density at radius 3 is 2.61 bits per heavy atom. The van der Waals surface area contributed by atoms with Gasteiger partial charge in [0.15, 0.2) is 0 Å². The first-order valence-corrected chi connectivity index (χ1v) is 12.6. The van der Waals surface area contributed by atoms with Crippen LogP contribution in [0.2, 0.25) is 0 Å². The number of amides is 1. The second-order valence-corrected chi connectivity index (χ2v) is 9.61. The van der Waals surface area contributed by atoms with Gasteiger partial charge in [0.25, 0.3) is 0 Å². The molecule has 2 aromatic carbocycles. The largest absolute Gasteiger partial charge is 0.464 e. The summed E-state index contributed by atoms with van der Waals surface area (Å²) < 4.78 is 10.3. The van der Waals surface area contributed by atoms with Gasteiger partial charge < -0.3 is 14.4 Å². The van der Waals surface area contributed by atoms with Gasteiger partial charge >= 0.3 is 5.97 Å². The van der Waals surface area contributed by atoms with Crippen LogP contribution in [0.5, 0.6) is 0 Å². The van der Waals surface area contributed by atoms with Crippen molar-refractivity contribution in [2.45, 2.75) is 26.4 Å². The number of hydrogen-bond acceptors (Lipinski definition) is 6. The highest BCUT2D eigenvalue weighted by molar-refractivity contribution is 5.99. The van der Waals surface area contributed by atoms with E-state index in [-0.39, 0.29) is 11.6 Å². The van der Waals surface area contributed by atoms with Gasteiger partial charge in [-0.2, -0.15) is 0 Å². The van der Waals surface area contributed by atoms with Crippen molar-refractivity contribution in [3.05, 3.63) is 89.4 Å². The zero-order chi connectivity index (χ0) is 26.2. The predicted molar refractivity (Wildman–Crippen MR) is 145 cm³/mol. The number of esters is 1. The van der Waals surface area contributed by atoms with Crippen molar-refractivity contribution < 1.29 is 19.1 Å². The van der Waals surface area contributed by atoms with Crippen LogP contribution in [0.3, 0.4) is 0 Å². The van der Waals surface area contributed by atoms with Crippen molar-refractivity contribution >= 4 is 28.2 Å². The normalized spacial score (nSPS) is 14.8. The van der Waals surface area contributed by atoms with Crippen LogP contribution in [-0.4, -0.2) is 47.1 Å². The smallest absolute Gasteiger partial charge is 0.356 e. The summed E-state index contributed by atoms with van der Waals surface area (Å²) in [5, 5.41) is 2.09. The van der Waals surface area contributed by atoms with Gasteiger partial charge in [0.1, 0.15) is 5.69 Å². The molecule has 0 N–H and O–H groups in total. The lowest BCUT2D eigenvalue weighted by Crippen LogP contribution is -2.21. The molecule has 2 aromatic heterocycles. The summed E-state index contributed by atoms with van der Waals surface area (Å²) in [7, 11) is 1.34. The van der Waals surface area contributed by atoms with Gasteiger partial charge in [-0.25, -0.2) is 9.78 Å². The monoisotopic (exact) mass is 505 g/mol. The summed E-state index contributed by atoms with van der Waals surface area (Å²) in [4.78, 5) is 34.9. The second kappa shape index (κ2) is 9.84. The average molecular weight is 506 g/mol. The van der Waals surface area contributed by atoms with E-state index in [0.29, 0.717) is 26.3 Å². The summed E-state index contributed by atoms with van der Waals surface area (Å²) in [5.74, 6) is -0.391. The summed E-state index contributed by atoms with van der Waals surface area (Å²) >= 11 is 0. The third kappa shape index (κ3) is 4.35. The second-order valence-electron chi connectivity index (χ2n) is 9.61. The molecule has 7 heteroatoms. The maximum absolute atomic E-state index is 12.3. The Morgan fingerprint density at radius 1 is 0.974 bits per heavy atom. The Bertz CT molecular complexity index is 1610. The maximum atomic E-state index is 12.3. The molecule has 4 aromatic rings. The summed E-state index contributed by atoms with van der Waals surface area (Å²) in [6.07, 6.45) is 6.57. The van der Waals surface area contributed by atoms with E-state index in [0.717, 1.165) is 39.6 Å². The molecular weight excluding hydrogens is 478 g/mol. The van der Waals surface area contributed by atoms with Crippen LogP contribution < -0.4 is 0 Å². The van der Waals surface area contributed by atoms with Gasteiger partial charge in [-0.15, -0.1) is 0 Å². The van der Waals surface area contributed by atoms with Crippen LogP contribution in [0.25, 0.3) is 38.7 Å². The van der Waals surface area contributed by atoms with Crippen LogP contribution in [0.15, 0.2) is 67.0 Å². The number of rotatable bonds is 4. The quantitative estimate of drug-likeness (QED) is 0.345. The molecule has 0 radical (unpaired) electrons. The van der Waals surface area contributed by atoms with E-state index >= 15 is 0 Å². The van der Waals surface area contributed by atoms with Gasteiger partial charge in [-0.1, -0.05) is 24.3 Å². The highest BCUT2D eigenvalue weighted by Gasteiger charge is 2.26. The molecule has 2 aliphatic rings. The molecule has 0 fully saturated rings. The van der Waals surface area contributed by atoms with Crippen molar-refractivity contribution in [2.24, 2.45) is 0 Å². The van der Waals surface area contributed by atoms with Gasteiger partial charge in [0.05, 0.1) is 26.0 Å². The lowest BCUT2D eigenvalue weighted by atomic mass is 9.89. The van der Waals surface area contributed by atoms with Crippen LogP contribution in [-0.2, 0) is 27.4 Å². The fourth-order valence-electron chi connectivity index (χ4n) is 5.28. The van der Waals surface area contributed by atoms with Gasteiger partial charge in [0.2, 0.25) is 5.91 Å². The molecule has 6 rings (SSSR count). The molecule has 0 saturated heterocycles. The topological polar surface area (TPSA) is 81.6 Å². The Morgan fingerprint density at radius 2 is 1.87 bits per heavy atom. The van der Waals surface area contributed by atoms with Gasteiger partial charge in [0, 0.05) is 43.4 Å². The Kier molecular flexibility index (Phi) is 6.21. The third-order valence-electron chi connectivity index (χ3n) is 7.34. The molecule has 190 valence electrons. The fraction of sp³-hybridized carbons (Fsp3) is 0.226. The number of pyridine rings is 2. The average Bonchev–Trinajstić information content (AvgIpc) is 3.41. The number of fused-ring (bicyclic) bond motifs is 2. The Balaban J connectivity index is 1.45. The van der Waals surface area contributed by atoms with Crippen molar-refractivity contribution in [3.8, 4) is 22.4 Å². The molecule has 0 spiro atoms. The Labute approximate surface area is 220 Å². The van der Waals surface area contributed by atoms with Crippen LogP contribution in [0, 0.1) is 0 Å². The zero-order valence-electron chi connectivity index (χ0n) is 21.4. The lowest BCUT2D eigenvalue weighted by Gasteiger charge is -2.18. The van der Waals surface area contributed by atoms with Crippen LogP contribution in [0.1, 0.15) is 40.5 Å². The molecule has 2 aliphatic heterocycles. The fourth-order valence-corrected chi connectivity index (χ4v) is 5.28. The molecule has 0 atom stereocenters. The first-order chi connectivity index (χ1) is 18.5. The molecule has 4 heterocycles. The van der Waals surface area contributed by atoms with E-state index in [1.807, 2.05) is 23.2 Å². The van der Waals surface area contributed by atoms with Gasteiger partial charge in [-0.05, 0) is 75.5 Å². The number of carbonyl (C=O) groups excluding carboxylic acids is 2. The number of carbonyl (C=O) groups is 2. The molecule has 7 nitrogen and oxygen atoms in total. The van der Waals surface area contributed by atoms with E-state index in [4.69, 9.17) is 14.5 Å². The first-order valence-electron chi connectivity index (χ1n) is 12.6. The minimum absolute atomic E-state index is 0.0787. The van der Waals surface area contributed by atoms with Crippen LogP contribution in [0.4, 0.5) is 0 Å². The number of aromatic nitrogens is 2. The van der Waals surface area contributed by atoms with E-state index in [2.05, 4.69) is 41.4 Å². The number of methoxy groups -OCH3 is 1. The molecule has 1 amide bonds. The van der Waals surface area contributed by atoms with E-state index < -0.39 is 5.97 Å². The summed E-state index contributed by atoms with van der Waals surface area (Å²) in [6.45, 7) is 4.19. The van der Waals surface area contributed by atoms with Crippen molar-refractivity contribution in [1.82, 2.24) is 14.9 Å². The van der Waals surface area contributed by atoms with Crippen molar-refractivity contribution in [3.63, 3.8) is 0 Å². The van der Waals surface area contributed by atoms with Crippen molar-refractivity contribution in [2.75, 3.05) is 20.3 Å². The standard InChI is InChI=1S/C31H27N3O4/c1-19(35)34-17-24-12-23(20-8-10-38-11-9-20)13-26(28(24)18-34)25-5-3-4-21-14-30(33-16-27(21)25)22-6-7-29(32-15-22)31(36)37-2/h3-8,12-16H,9-11,17-18H2,1-2H3. The van der Waals surface area contributed by atoms with Gasteiger partial charge in [-0.3, -0.25) is 9.78 Å². The van der Waals surface area contributed by atoms with E-state index in [1.54, 1.807) is 19.2 Å². The molecule has 0 unspecified atom stereocenters. The lowest BCUT2D eigenvalue weighted by molar-refractivity contribution is -0.129. The number of nitrogens with zero attached hydrogens (tertiary/aromatic N) is 3. The SMILES string of the molecule is COC(=O)c1ccc(-c2cc3cccc(-c4cc(C5=CCOCC5)cc5c4CN(C(C)=O)C5)c3cn2)cn1. The summed E-state index contributed by atoms with van der Waals surface area (Å²) in [6, 6.07) is 16.3. The van der Waals surface area contributed by atoms with Crippen LogP contribution >= 0.6 is 0 Å². The zero-order valence-corrected chi connectivity index (χ0v) is 21.4. The number of ether oxygens (including phenoxy) is 2. The van der Waals surface area contributed by atoms with Crippen molar-refractivity contribution in [1.29, 1.82) is 0 Å². The number of hydrogen-bond donors (Lipinski definition) is 0. The molecule has 38 heavy (non-hydrogen) atoms. The number of benzene rings is 2. The highest BCUT2D eigenvalue weighted by Crippen LogP contribution is 2.39. The maximum Gasteiger partial charge on any atom is 0.356 e.